The first-order chi connectivity index (χ1) is 44.5. The molecular formula is C90H98. The van der Waals surface area contributed by atoms with Crippen LogP contribution in [0.1, 0.15) is 274 Å². The molecular weight excluding hydrogens is 1080 g/mol. The minimum atomic E-state index is -0.506. The van der Waals surface area contributed by atoms with Crippen molar-refractivity contribution in [2.24, 2.45) is 0 Å². The van der Waals surface area contributed by atoms with Gasteiger partial charge in [0.15, 0.2) is 0 Å². The van der Waals surface area contributed by atoms with Gasteiger partial charge in [-0.15, -0.1) is 0 Å². The SMILES string of the molecule is CCCCCCCCC1(CCCCCCCC)c2ccccc2-c2cc3c(cc21)-c1cc2c(cc1C31c3ccccc3-c3ccccc31)-c1cc3c(cc1C21c2ccccc2-c2ccccc21)-c1ccccc1C3(CCCCCCCC)CCCCCCCC. The molecule has 6 aliphatic carbocycles. The zero-order valence-corrected chi connectivity index (χ0v) is 55.1. The lowest BCUT2D eigenvalue weighted by molar-refractivity contribution is 0.398. The summed E-state index contributed by atoms with van der Waals surface area (Å²) in [5.41, 5.74) is 34.2. The second-order valence-electron chi connectivity index (χ2n) is 28.8. The van der Waals surface area contributed by atoms with Gasteiger partial charge in [0.05, 0.1) is 10.8 Å². The minimum absolute atomic E-state index is 0.0379. The summed E-state index contributed by atoms with van der Waals surface area (Å²) < 4.78 is 0. The maximum Gasteiger partial charge on any atom is 0.0725 e. The van der Waals surface area contributed by atoms with Gasteiger partial charge in [-0.1, -0.05) is 327 Å². The minimum Gasteiger partial charge on any atom is -0.0654 e. The quantitative estimate of drug-likeness (QED) is 0.0429. The molecule has 0 N–H and O–H groups in total. The summed E-state index contributed by atoms with van der Waals surface area (Å²) in [6, 6.07) is 74.9. The zero-order chi connectivity index (χ0) is 60.9. The number of unbranched alkanes of at least 4 members (excludes halogenated alkanes) is 20. The van der Waals surface area contributed by atoms with Gasteiger partial charge < -0.3 is 0 Å². The average molecular weight is 1180 g/mol. The van der Waals surface area contributed by atoms with Crippen molar-refractivity contribution in [1.82, 2.24) is 0 Å². The Balaban J connectivity index is 0.993. The van der Waals surface area contributed by atoms with Crippen LogP contribution in [0.3, 0.4) is 0 Å². The summed E-state index contributed by atoms with van der Waals surface area (Å²) in [7, 11) is 0. The fourth-order valence-electron chi connectivity index (χ4n) is 19.8. The van der Waals surface area contributed by atoms with Gasteiger partial charge in [0.1, 0.15) is 0 Å². The Morgan fingerprint density at radius 3 is 0.622 bits per heavy atom. The number of benzene rings is 9. The lowest BCUT2D eigenvalue weighted by atomic mass is 9.68. The number of hydrogen-bond donors (Lipinski definition) is 0. The summed E-state index contributed by atoms with van der Waals surface area (Å²) in [4.78, 5) is 0. The normalized spacial score (nSPS) is 15.6. The molecule has 0 bridgehead atoms. The fourth-order valence-corrected chi connectivity index (χ4v) is 19.8. The molecule has 0 radical (unpaired) electrons. The molecule has 0 saturated heterocycles. The van der Waals surface area contributed by atoms with Gasteiger partial charge in [-0.2, -0.15) is 0 Å². The van der Waals surface area contributed by atoms with Crippen molar-refractivity contribution in [3.63, 3.8) is 0 Å². The fraction of sp³-hybridized carbons (Fsp3) is 0.400. The van der Waals surface area contributed by atoms with Gasteiger partial charge in [-0.05, 0) is 196 Å². The van der Waals surface area contributed by atoms with Crippen molar-refractivity contribution in [2.75, 3.05) is 0 Å². The van der Waals surface area contributed by atoms with E-state index in [4.69, 9.17) is 0 Å². The number of hydrogen-bond acceptors (Lipinski definition) is 0. The van der Waals surface area contributed by atoms with Crippen LogP contribution < -0.4 is 0 Å². The number of rotatable bonds is 28. The standard InChI is InChI=1S/C90H98/c1-5-9-13-17-21-37-53-87(54-38-22-18-14-10-6-2)75-47-31-25-45-67(75)69-59-83-71(57-81(69)87)73-61-86-74(62-85(73)89(83)77-49-33-27-41-63(77)64-42-28-34-50-78(64)89)72-58-82-70(60-84(72)90(86)79-51-35-29-43-65(79)66-44-30-36-52-80(66)90)68-46-26-32-48-76(68)88(82,55-39-23-19-15-11-7-3)56-40-24-20-16-12-8-4/h25-36,41-52,57-62H,5-24,37-40,53-56H2,1-4H3. The summed E-state index contributed by atoms with van der Waals surface area (Å²) in [5.74, 6) is 0. The highest BCUT2D eigenvalue weighted by atomic mass is 14.6. The van der Waals surface area contributed by atoms with Crippen LogP contribution in [-0.4, -0.2) is 0 Å². The van der Waals surface area contributed by atoms with Crippen LogP contribution in [0.2, 0.25) is 0 Å². The second-order valence-corrected chi connectivity index (χ2v) is 28.8. The molecule has 0 saturated carbocycles. The van der Waals surface area contributed by atoms with E-state index in [2.05, 4.69) is 210 Å². The average Bonchev–Trinajstić information content (AvgIpc) is 1.49. The molecule has 0 amide bonds. The van der Waals surface area contributed by atoms with Gasteiger partial charge in [-0.3, -0.25) is 0 Å². The molecule has 0 heterocycles. The maximum atomic E-state index is 2.85. The van der Waals surface area contributed by atoms with E-state index >= 15 is 0 Å². The molecule has 0 atom stereocenters. The van der Waals surface area contributed by atoms with E-state index in [1.807, 2.05) is 0 Å². The molecule has 0 heteroatoms. The zero-order valence-electron chi connectivity index (χ0n) is 55.1. The molecule has 0 unspecified atom stereocenters. The maximum absolute atomic E-state index is 2.85. The van der Waals surface area contributed by atoms with Crippen LogP contribution in [0.4, 0.5) is 0 Å². The van der Waals surface area contributed by atoms with Crippen LogP contribution in [0, 0.1) is 0 Å². The van der Waals surface area contributed by atoms with Gasteiger partial charge >= 0.3 is 0 Å². The van der Waals surface area contributed by atoms with Crippen LogP contribution in [-0.2, 0) is 21.7 Å². The Hall–Kier alpha value is -7.02. The molecule has 6 aliphatic rings. The summed E-state index contributed by atoms with van der Waals surface area (Å²) in [6.45, 7) is 9.42. The molecule has 9 aromatic rings. The Kier molecular flexibility index (Phi) is 16.4. The monoisotopic (exact) mass is 1180 g/mol. The molecule has 0 aromatic heterocycles. The lowest BCUT2D eigenvalue weighted by Crippen LogP contribution is -2.28. The van der Waals surface area contributed by atoms with Crippen molar-refractivity contribution < 1.29 is 0 Å². The Morgan fingerprint density at radius 1 is 0.178 bits per heavy atom. The van der Waals surface area contributed by atoms with E-state index in [-0.39, 0.29) is 10.8 Å². The second kappa shape index (κ2) is 24.9. The molecule has 2 spiro atoms. The highest BCUT2D eigenvalue weighted by Crippen LogP contribution is 2.71. The Labute approximate surface area is 541 Å². The molecule has 15 rings (SSSR count). The van der Waals surface area contributed by atoms with Crippen molar-refractivity contribution in [1.29, 1.82) is 0 Å². The molecule has 458 valence electrons. The van der Waals surface area contributed by atoms with Gasteiger partial charge in [0.25, 0.3) is 0 Å². The van der Waals surface area contributed by atoms with E-state index in [0.717, 1.165) is 0 Å². The first kappa shape index (κ1) is 59.3. The van der Waals surface area contributed by atoms with Crippen molar-refractivity contribution in [3.05, 3.63) is 249 Å². The molecule has 0 aliphatic heterocycles. The third kappa shape index (κ3) is 9.07. The third-order valence-electron chi connectivity index (χ3n) is 23.9. The Morgan fingerprint density at radius 2 is 0.367 bits per heavy atom. The molecule has 0 fully saturated rings. The summed E-state index contributed by atoms with van der Waals surface area (Å²) >= 11 is 0. The first-order valence-corrected chi connectivity index (χ1v) is 36.7. The molecule has 9 aromatic carbocycles. The Bertz CT molecular complexity index is 3730. The van der Waals surface area contributed by atoms with Crippen LogP contribution in [0.15, 0.2) is 182 Å². The number of fused-ring (bicyclic) bond motifs is 26. The summed E-state index contributed by atoms with van der Waals surface area (Å²) in [6.07, 6.45) is 36.5. The summed E-state index contributed by atoms with van der Waals surface area (Å²) in [5, 5.41) is 0. The predicted octanol–water partition coefficient (Wildman–Crippen LogP) is 25.9. The van der Waals surface area contributed by atoms with E-state index in [1.54, 1.807) is 22.3 Å². The van der Waals surface area contributed by atoms with Gasteiger partial charge in [-0.25, -0.2) is 0 Å². The lowest BCUT2D eigenvalue weighted by Gasteiger charge is -2.34. The third-order valence-corrected chi connectivity index (χ3v) is 23.9. The largest absolute Gasteiger partial charge is 0.0725 e. The van der Waals surface area contributed by atoms with Gasteiger partial charge in [0, 0.05) is 10.8 Å². The first-order valence-electron chi connectivity index (χ1n) is 36.7. The van der Waals surface area contributed by atoms with E-state index in [9.17, 15) is 0 Å². The van der Waals surface area contributed by atoms with Crippen molar-refractivity contribution in [3.8, 4) is 66.8 Å². The van der Waals surface area contributed by atoms with Gasteiger partial charge in [0.2, 0.25) is 0 Å². The predicted molar refractivity (Wildman–Crippen MR) is 383 cm³/mol. The molecule has 90 heavy (non-hydrogen) atoms. The van der Waals surface area contributed by atoms with Crippen molar-refractivity contribution >= 4 is 0 Å². The van der Waals surface area contributed by atoms with Crippen molar-refractivity contribution in [2.45, 2.75) is 229 Å². The van der Waals surface area contributed by atoms with E-state index in [0.29, 0.717) is 0 Å². The highest BCUT2D eigenvalue weighted by molar-refractivity contribution is 6.03. The topological polar surface area (TPSA) is 0 Å². The van der Waals surface area contributed by atoms with Crippen LogP contribution in [0.5, 0.6) is 0 Å². The van der Waals surface area contributed by atoms with Crippen LogP contribution in [0.25, 0.3) is 66.8 Å². The van der Waals surface area contributed by atoms with Crippen LogP contribution >= 0.6 is 0 Å². The molecule has 0 nitrogen and oxygen atoms in total. The highest BCUT2D eigenvalue weighted by Gasteiger charge is 2.58. The van der Waals surface area contributed by atoms with E-state index < -0.39 is 10.8 Å². The van der Waals surface area contributed by atoms with E-state index in [1.165, 1.54) is 291 Å². The smallest absolute Gasteiger partial charge is 0.0654 e.